The maximum atomic E-state index is 5.20. The van der Waals surface area contributed by atoms with Crippen LogP contribution >= 0.6 is 11.3 Å². The van der Waals surface area contributed by atoms with E-state index in [1.807, 2.05) is 24.3 Å². The SMILES string of the molecule is c1ccc(-c2ccc(N(c3ccccc3)c3ccc4c(c3)sc3cccc(-c5nc(-c6ccccc6)nc(-c6cccc(-c7ccccc7)c6)n5)c34)cc2)cc1. The molecular formula is C51H34N4S. The quantitative estimate of drug-likeness (QED) is 0.156. The van der Waals surface area contributed by atoms with Gasteiger partial charge in [-0.15, -0.1) is 11.3 Å². The van der Waals surface area contributed by atoms with Crippen LogP contribution in [0.25, 0.3) is 76.6 Å². The minimum absolute atomic E-state index is 0.641. The van der Waals surface area contributed by atoms with Gasteiger partial charge in [-0.05, 0) is 70.8 Å². The Labute approximate surface area is 329 Å². The molecule has 0 N–H and O–H groups in total. The number of hydrogen-bond acceptors (Lipinski definition) is 5. The molecule has 0 unspecified atom stereocenters. The van der Waals surface area contributed by atoms with E-state index in [0.717, 1.165) is 50.3 Å². The van der Waals surface area contributed by atoms with Gasteiger partial charge in [-0.25, -0.2) is 15.0 Å². The number of fused-ring (bicyclic) bond motifs is 3. The minimum Gasteiger partial charge on any atom is -0.310 e. The zero-order valence-corrected chi connectivity index (χ0v) is 31.1. The molecule has 8 aromatic carbocycles. The number of nitrogens with zero attached hydrogens (tertiary/aromatic N) is 4. The molecule has 0 fully saturated rings. The molecule has 2 heterocycles. The van der Waals surface area contributed by atoms with Gasteiger partial charge < -0.3 is 4.90 Å². The first-order valence-electron chi connectivity index (χ1n) is 18.7. The van der Waals surface area contributed by atoms with Crippen LogP contribution < -0.4 is 4.90 Å². The van der Waals surface area contributed by atoms with E-state index in [2.05, 4.69) is 187 Å². The summed E-state index contributed by atoms with van der Waals surface area (Å²) in [6.45, 7) is 0. The Kier molecular flexibility index (Phi) is 8.67. The van der Waals surface area contributed by atoms with E-state index < -0.39 is 0 Å². The smallest absolute Gasteiger partial charge is 0.164 e. The maximum absolute atomic E-state index is 5.20. The number of hydrogen-bond donors (Lipinski definition) is 0. The van der Waals surface area contributed by atoms with Crippen molar-refractivity contribution in [1.29, 1.82) is 0 Å². The molecule has 0 aliphatic heterocycles. The van der Waals surface area contributed by atoms with Crippen molar-refractivity contribution < 1.29 is 0 Å². The molecule has 0 saturated heterocycles. The second-order valence-electron chi connectivity index (χ2n) is 13.7. The first-order valence-corrected chi connectivity index (χ1v) is 19.5. The summed E-state index contributed by atoms with van der Waals surface area (Å²) in [5, 5.41) is 2.32. The third-order valence-corrected chi connectivity index (χ3v) is 11.2. The minimum atomic E-state index is 0.641. The van der Waals surface area contributed by atoms with E-state index in [4.69, 9.17) is 15.0 Å². The van der Waals surface area contributed by atoms with Crippen molar-refractivity contribution in [2.24, 2.45) is 0 Å². The van der Waals surface area contributed by atoms with E-state index in [1.165, 1.54) is 25.9 Å². The van der Waals surface area contributed by atoms with Crippen LogP contribution in [-0.4, -0.2) is 15.0 Å². The normalized spacial score (nSPS) is 11.2. The summed E-state index contributed by atoms with van der Waals surface area (Å²) in [6, 6.07) is 72.2. The van der Waals surface area contributed by atoms with Gasteiger partial charge in [-0.2, -0.15) is 0 Å². The molecule has 0 spiro atoms. The summed E-state index contributed by atoms with van der Waals surface area (Å²) in [7, 11) is 0. The number of benzene rings is 8. The molecular weight excluding hydrogens is 701 g/mol. The van der Waals surface area contributed by atoms with Crippen molar-refractivity contribution in [2.75, 3.05) is 4.90 Å². The Morgan fingerprint density at radius 2 is 0.821 bits per heavy atom. The van der Waals surface area contributed by atoms with Gasteiger partial charge in [0.05, 0.1) is 0 Å². The summed E-state index contributed by atoms with van der Waals surface area (Å²) in [4.78, 5) is 17.7. The van der Waals surface area contributed by atoms with Gasteiger partial charge in [0.2, 0.25) is 0 Å². The molecule has 10 rings (SSSR count). The summed E-state index contributed by atoms with van der Waals surface area (Å²) < 4.78 is 2.38. The molecule has 2 aromatic heterocycles. The standard InChI is InChI=1S/C51H34N4S/c1-5-15-35(16-6-1)37-27-29-42(30-28-37)55(41-23-11-4-12-24-41)43-31-32-44-47(34-43)56-46-26-14-25-45(48(44)46)51-53-49(38-19-9-3-10-20-38)52-50(54-51)40-22-13-21-39(33-40)36-17-7-2-8-18-36/h1-34H. The second-order valence-corrected chi connectivity index (χ2v) is 14.7. The van der Waals surface area contributed by atoms with Gasteiger partial charge in [-0.1, -0.05) is 158 Å². The van der Waals surface area contributed by atoms with Crippen molar-refractivity contribution in [2.45, 2.75) is 0 Å². The molecule has 264 valence electrons. The average Bonchev–Trinajstić information content (AvgIpc) is 3.66. The Hall–Kier alpha value is -7.21. The highest BCUT2D eigenvalue weighted by molar-refractivity contribution is 7.26. The number of para-hydroxylation sites is 1. The van der Waals surface area contributed by atoms with Gasteiger partial charge in [0, 0.05) is 53.9 Å². The Bertz CT molecular complexity index is 2950. The van der Waals surface area contributed by atoms with E-state index in [1.54, 1.807) is 11.3 Å². The zero-order valence-electron chi connectivity index (χ0n) is 30.3. The highest BCUT2D eigenvalue weighted by atomic mass is 32.1. The van der Waals surface area contributed by atoms with Gasteiger partial charge >= 0.3 is 0 Å². The molecule has 0 saturated carbocycles. The van der Waals surface area contributed by atoms with Gasteiger partial charge in [0.1, 0.15) is 0 Å². The Morgan fingerprint density at radius 1 is 0.321 bits per heavy atom. The van der Waals surface area contributed by atoms with Crippen molar-refractivity contribution in [3.05, 3.63) is 206 Å². The van der Waals surface area contributed by atoms with E-state index in [9.17, 15) is 0 Å². The van der Waals surface area contributed by atoms with Crippen molar-refractivity contribution in [3.8, 4) is 56.4 Å². The molecule has 5 heteroatoms. The summed E-state index contributed by atoms with van der Waals surface area (Å²) in [5.74, 6) is 1.94. The monoisotopic (exact) mass is 734 g/mol. The third-order valence-electron chi connectivity index (χ3n) is 10.1. The molecule has 56 heavy (non-hydrogen) atoms. The summed E-state index contributed by atoms with van der Waals surface area (Å²) in [6.07, 6.45) is 0. The first kappa shape index (κ1) is 33.4. The first-order chi connectivity index (χ1) is 27.7. The van der Waals surface area contributed by atoms with Crippen LogP contribution in [0, 0.1) is 0 Å². The predicted molar refractivity (Wildman–Crippen MR) is 235 cm³/mol. The van der Waals surface area contributed by atoms with Crippen LogP contribution in [0.15, 0.2) is 206 Å². The van der Waals surface area contributed by atoms with Crippen LogP contribution in [-0.2, 0) is 0 Å². The van der Waals surface area contributed by atoms with Gasteiger partial charge in [0.25, 0.3) is 0 Å². The predicted octanol–water partition coefficient (Wildman–Crippen LogP) is 14.0. The van der Waals surface area contributed by atoms with Gasteiger partial charge in [0.15, 0.2) is 17.5 Å². The van der Waals surface area contributed by atoms with Crippen molar-refractivity contribution in [1.82, 2.24) is 15.0 Å². The molecule has 0 amide bonds. The van der Waals surface area contributed by atoms with E-state index in [0.29, 0.717) is 17.5 Å². The van der Waals surface area contributed by atoms with Crippen LogP contribution in [0.4, 0.5) is 17.1 Å². The third kappa shape index (κ3) is 6.40. The maximum Gasteiger partial charge on any atom is 0.164 e. The summed E-state index contributed by atoms with van der Waals surface area (Å²) >= 11 is 1.80. The zero-order chi connectivity index (χ0) is 37.3. The van der Waals surface area contributed by atoms with Crippen LogP contribution in [0.2, 0.25) is 0 Å². The Balaban J connectivity index is 1.10. The van der Waals surface area contributed by atoms with Gasteiger partial charge in [-0.3, -0.25) is 0 Å². The number of thiophene rings is 1. The summed E-state index contributed by atoms with van der Waals surface area (Å²) in [5.41, 5.74) is 10.8. The highest BCUT2D eigenvalue weighted by Crippen LogP contribution is 2.43. The molecule has 0 aliphatic carbocycles. The molecule has 0 aliphatic rings. The van der Waals surface area contributed by atoms with E-state index >= 15 is 0 Å². The number of anilines is 3. The number of rotatable bonds is 8. The lowest BCUT2D eigenvalue weighted by molar-refractivity contribution is 1.08. The fourth-order valence-electron chi connectivity index (χ4n) is 7.41. The molecule has 10 aromatic rings. The number of aromatic nitrogens is 3. The second kappa shape index (κ2) is 14.6. The van der Waals surface area contributed by atoms with Crippen LogP contribution in [0.1, 0.15) is 0 Å². The fraction of sp³-hybridized carbons (Fsp3) is 0. The van der Waals surface area contributed by atoms with Crippen LogP contribution in [0.3, 0.4) is 0 Å². The lowest BCUT2D eigenvalue weighted by Gasteiger charge is -2.25. The fourth-order valence-corrected chi connectivity index (χ4v) is 8.57. The Morgan fingerprint density at radius 3 is 1.52 bits per heavy atom. The lowest BCUT2D eigenvalue weighted by Crippen LogP contribution is -2.09. The molecule has 0 bridgehead atoms. The van der Waals surface area contributed by atoms with Crippen molar-refractivity contribution in [3.63, 3.8) is 0 Å². The highest BCUT2D eigenvalue weighted by Gasteiger charge is 2.19. The van der Waals surface area contributed by atoms with Crippen LogP contribution in [0.5, 0.6) is 0 Å². The van der Waals surface area contributed by atoms with Crippen molar-refractivity contribution >= 4 is 48.6 Å². The van der Waals surface area contributed by atoms with E-state index in [-0.39, 0.29) is 0 Å². The molecule has 4 nitrogen and oxygen atoms in total. The lowest BCUT2D eigenvalue weighted by atomic mass is 10.0. The molecule has 0 radical (unpaired) electrons. The topological polar surface area (TPSA) is 41.9 Å². The molecule has 0 atom stereocenters. The average molecular weight is 735 g/mol. The largest absolute Gasteiger partial charge is 0.310 e.